The first kappa shape index (κ1) is 11.7. The zero-order valence-electron chi connectivity index (χ0n) is 9.59. The third-order valence-corrected chi connectivity index (χ3v) is 4.72. The van der Waals surface area contributed by atoms with Gasteiger partial charge in [0.2, 0.25) is 0 Å². The molecule has 2 heterocycles. The van der Waals surface area contributed by atoms with Crippen LogP contribution >= 0.6 is 22.6 Å². The number of hydrogen-bond donors (Lipinski definition) is 0. The zero-order valence-corrected chi connectivity index (χ0v) is 11.7. The summed E-state index contributed by atoms with van der Waals surface area (Å²) in [6, 6.07) is 5.04. The Labute approximate surface area is 114 Å². The highest BCUT2D eigenvalue weighted by Gasteiger charge is 2.44. The molecule has 0 saturated carbocycles. The molecular weight excluding hydrogens is 332 g/mol. The van der Waals surface area contributed by atoms with Crippen LogP contribution in [0, 0.1) is 14.8 Å². The third kappa shape index (κ3) is 2.17. The summed E-state index contributed by atoms with van der Waals surface area (Å²) in [5.41, 5.74) is 1.64. The van der Waals surface area contributed by atoms with E-state index in [1.54, 1.807) is 12.1 Å². The lowest BCUT2D eigenvalue weighted by Gasteiger charge is -2.53. The van der Waals surface area contributed by atoms with Gasteiger partial charge in [-0.1, -0.05) is 0 Å². The molecule has 0 unspecified atom stereocenters. The van der Waals surface area contributed by atoms with Crippen molar-refractivity contribution in [1.82, 2.24) is 0 Å². The van der Waals surface area contributed by atoms with Crippen molar-refractivity contribution in [1.29, 1.82) is 0 Å². The molecule has 1 aromatic rings. The van der Waals surface area contributed by atoms with Gasteiger partial charge in [-0.2, -0.15) is 0 Å². The fraction of sp³-hybridized carbons (Fsp3) is 0.538. The lowest BCUT2D eigenvalue weighted by Crippen LogP contribution is -2.58. The molecule has 0 radical (unpaired) electrons. The number of hydrogen-bond acceptors (Lipinski definition) is 2. The number of nitrogens with zero attached hydrogens (tertiary/aromatic N) is 1. The maximum absolute atomic E-state index is 13.0. The van der Waals surface area contributed by atoms with Gasteiger partial charge in [-0.3, -0.25) is 0 Å². The van der Waals surface area contributed by atoms with E-state index >= 15 is 0 Å². The summed E-state index contributed by atoms with van der Waals surface area (Å²) in [5.74, 6) is -0.153. The second-order valence-electron chi connectivity index (χ2n) is 5.06. The van der Waals surface area contributed by atoms with E-state index in [1.165, 1.54) is 18.5 Å². The average molecular weight is 347 g/mol. The van der Waals surface area contributed by atoms with Crippen molar-refractivity contribution in [2.24, 2.45) is 5.41 Å². The molecule has 2 aliphatic heterocycles. The van der Waals surface area contributed by atoms with Gasteiger partial charge < -0.3 is 9.64 Å². The molecule has 4 heteroatoms. The number of halogens is 2. The highest BCUT2D eigenvalue weighted by Crippen LogP contribution is 2.43. The summed E-state index contributed by atoms with van der Waals surface area (Å²) in [6.45, 7) is 3.98. The maximum atomic E-state index is 13.0. The lowest BCUT2D eigenvalue weighted by atomic mass is 9.73. The van der Waals surface area contributed by atoms with Gasteiger partial charge in [0, 0.05) is 35.3 Å². The van der Waals surface area contributed by atoms with E-state index < -0.39 is 0 Å². The van der Waals surface area contributed by atoms with Gasteiger partial charge in [-0.15, -0.1) is 0 Å². The molecule has 0 aliphatic carbocycles. The molecule has 2 aliphatic rings. The van der Waals surface area contributed by atoms with Crippen molar-refractivity contribution in [3.63, 3.8) is 0 Å². The number of benzene rings is 1. The molecule has 1 spiro atoms. The van der Waals surface area contributed by atoms with Crippen molar-refractivity contribution < 1.29 is 9.13 Å². The largest absolute Gasteiger partial charge is 0.381 e. The van der Waals surface area contributed by atoms with Crippen molar-refractivity contribution in [2.75, 3.05) is 31.2 Å². The minimum Gasteiger partial charge on any atom is -0.381 e. The Kier molecular flexibility index (Phi) is 3.02. The van der Waals surface area contributed by atoms with E-state index in [0.717, 1.165) is 29.9 Å². The van der Waals surface area contributed by atoms with Crippen LogP contribution in [0.1, 0.15) is 12.8 Å². The smallest absolute Gasteiger partial charge is 0.124 e. The Hall–Kier alpha value is -0.360. The van der Waals surface area contributed by atoms with Gasteiger partial charge in [0.25, 0.3) is 0 Å². The SMILES string of the molecule is Fc1ccc(N2CC3(CCOCC3)C2)c(I)c1. The van der Waals surface area contributed by atoms with Crippen LogP contribution in [0.25, 0.3) is 0 Å². The third-order valence-electron chi connectivity index (χ3n) is 3.86. The van der Waals surface area contributed by atoms with E-state index in [0.29, 0.717) is 5.41 Å². The van der Waals surface area contributed by atoms with Gasteiger partial charge in [0.15, 0.2) is 0 Å². The fourth-order valence-corrected chi connectivity index (χ4v) is 3.61. The molecule has 1 aromatic carbocycles. The van der Waals surface area contributed by atoms with Crippen molar-refractivity contribution in [3.05, 3.63) is 27.6 Å². The van der Waals surface area contributed by atoms with Crippen molar-refractivity contribution >= 4 is 28.3 Å². The number of anilines is 1. The summed E-state index contributed by atoms with van der Waals surface area (Å²) in [5, 5.41) is 0. The quantitative estimate of drug-likeness (QED) is 0.724. The fourth-order valence-electron chi connectivity index (χ4n) is 2.79. The predicted molar refractivity (Wildman–Crippen MR) is 73.8 cm³/mol. The topological polar surface area (TPSA) is 12.5 Å². The summed E-state index contributed by atoms with van der Waals surface area (Å²) in [4.78, 5) is 2.35. The van der Waals surface area contributed by atoms with Crippen LogP contribution in [-0.2, 0) is 4.74 Å². The second-order valence-corrected chi connectivity index (χ2v) is 6.23. The van der Waals surface area contributed by atoms with Crippen LogP contribution in [0.15, 0.2) is 18.2 Å². The van der Waals surface area contributed by atoms with E-state index in [-0.39, 0.29) is 5.82 Å². The Morgan fingerprint density at radius 2 is 1.94 bits per heavy atom. The predicted octanol–water partition coefficient (Wildman–Crippen LogP) is 3.05. The summed E-state index contributed by atoms with van der Waals surface area (Å²) in [7, 11) is 0. The number of rotatable bonds is 1. The average Bonchev–Trinajstić information content (AvgIpc) is 2.27. The first-order chi connectivity index (χ1) is 8.19. The maximum Gasteiger partial charge on any atom is 0.124 e. The standard InChI is InChI=1S/C13H15FINO/c14-10-1-2-12(11(15)7-10)16-8-13(9-16)3-5-17-6-4-13/h1-2,7H,3-6,8-9H2. The second kappa shape index (κ2) is 4.39. The molecule has 0 amide bonds. The van der Waals surface area contributed by atoms with E-state index in [1.807, 2.05) is 6.07 Å². The van der Waals surface area contributed by atoms with Gasteiger partial charge >= 0.3 is 0 Å². The Morgan fingerprint density at radius 3 is 2.59 bits per heavy atom. The van der Waals surface area contributed by atoms with Crippen molar-refractivity contribution in [2.45, 2.75) is 12.8 Å². The molecule has 0 atom stereocenters. The minimum absolute atomic E-state index is 0.153. The van der Waals surface area contributed by atoms with Gasteiger partial charge in [0.05, 0.1) is 5.69 Å². The lowest BCUT2D eigenvalue weighted by molar-refractivity contribution is -0.000241. The highest BCUT2D eigenvalue weighted by atomic mass is 127. The first-order valence-electron chi connectivity index (χ1n) is 5.96. The molecule has 2 fully saturated rings. The van der Waals surface area contributed by atoms with E-state index in [4.69, 9.17) is 4.74 Å². The summed E-state index contributed by atoms with van der Waals surface area (Å²) >= 11 is 2.21. The Bertz CT molecular complexity index is 423. The monoisotopic (exact) mass is 347 g/mol. The van der Waals surface area contributed by atoms with Gasteiger partial charge in [-0.05, 0) is 53.6 Å². The van der Waals surface area contributed by atoms with Crippen LogP contribution in [-0.4, -0.2) is 26.3 Å². The normalized spacial score (nSPS) is 22.6. The van der Waals surface area contributed by atoms with Crippen LogP contribution in [0.5, 0.6) is 0 Å². The van der Waals surface area contributed by atoms with Gasteiger partial charge in [-0.25, -0.2) is 4.39 Å². The molecule has 2 saturated heterocycles. The molecule has 0 aromatic heterocycles. The summed E-state index contributed by atoms with van der Waals surface area (Å²) in [6.07, 6.45) is 2.34. The van der Waals surface area contributed by atoms with Crippen LogP contribution < -0.4 is 4.90 Å². The van der Waals surface area contributed by atoms with Gasteiger partial charge in [0.1, 0.15) is 5.82 Å². The molecule has 0 N–H and O–H groups in total. The molecule has 3 rings (SSSR count). The number of ether oxygens (including phenoxy) is 1. The molecule has 92 valence electrons. The molecule has 2 nitrogen and oxygen atoms in total. The van der Waals surface area contributed by atoms with Crippen LogP contribution in [0.3, 0.4) is 0 Å². The molecule has 17 heavy (non-hydrogen) atoms. The molecular formula is C13H15FINO. The zero-order chi connectivity index (χ0) is 11.9. The summed E-state index contributed by atoms with van der Waals surface area (Å²) < 4.78 is 19.5. The van der Waals surface area contributed by atoms with Crippen LogP contribution in [0.4, 0.5) is 10.1 Å². The highest BCUT2D eigenvalue weighted by molar-refractivity contribution is 14.1. The van der Waals surface area contributed by atoms with E-state index in [2.05, 4.69) is 27.5 Å². The first-order valence-corrected chi connectivity index (χ1v) is 7.04. The minimum atomic E-state index is -0.153. The Morgan fingerprint density at radius 1 is 1.24 bits per heavy atom. The molecule has 0 bridgehead atoms. The Balaban J connectivity index is 1.72. The van der Waals surface area contributed by atoms with Crippen LogP contribution in [0.2, 0.25) is 0 Å². The van der Waals surface area contributed by atoms with Crippen molar-refractivity contribution in [3.8, 4) is 0 Å². The van der Waals surface area contributed by atoms with E-state index in [9.17, 15) is 4.39 Å².